The van der Waals surface area contributed by atoms with E-state index < -0.39 is 8.87 Å². The van der Waals surface area contributed by atoms with Gasteiger partial charge in [-0.1, -0.05) is 0 Å². The molecule has 1 atom stereocenters. The van der Waals surface area contributed by atoms with Gasteiger partial charge in [0, 0.05) is 12.9 Å². The lowest BCUT2D eigenvalue weighted by molar-refractivity contribution is 0.0737. The third-order valence-electron chi connectivity index (χ3n) is 1.42. The van der Waals surface area contributed by atoms with Gasteiger partial charge in [0.1, 0.15) is 5.44 Å². The lowest BCUT2D eigenvalue weighted by Crippen LogP contribution is -2.16. The molecule has 1 rings (SSSR count). The van der Waals surface area contributed by atoms with E-state index in [0.29, 0.717) is 6.61 Å². The van der Waals surface area contributed by atoms with Crippen molar-refractivity contribution in [1.82, 2.24) is 0 Å². The Hall–Kier alpha value is 0.260. The van der Waals surface area contributed by atoms with Crippen LogP contribution in [0.5, 0.6) is 0 Å². The lowest BCUT2D eigenvalue weighted by atomic mass is 10.2. The molecule has 11 heavy (non-hydrogen) atoms. The van der Waals surface area contributed by atoms with Crippen molar-refractivity contribution < 1.29 is 13.2 Å². The van der Waals surface area contributed by atoms with E-state index in [-0.39, 0.29) is 5.44 Å². The van der Waals surface area contributed by atoms with Crippen LogP contribution in [-0.2, 0) is 13.6 Å². The largest absolute Gasteiger partial charge is 0.367 e. The van der Waals surface area contributed by atoms with Crippen LogP contribution < -0.4 is 0 Å². The fourth-order valence-electron chi connectivity index (χ4n) is 0.982. The summed E-state index contributed by atoms with van der Waals surface area (Å²) >= 11 is 0. The van der Waals surface area contributed by atoms with Gasteiger partial charge < -0.3 is 4.74 Å². The molecule has 0 aromatic heterocycles. The summed E-state index contributed by atoms with van der Waals surface area (Å²) in [6.07, 6.45) is 4.21. The number of ether oxygens (including phenoxy) is 1. The van der Waals surface area contributed by atoms with Crippen LogP contribution in [0.3, 0.4) is 0 Å². The van der Waals surface area contributed by atoms with Crippen molar-refractivity contribution in [3.05, 3.63) is 0 Å². The zero-order valence-electron chi connectivity index (χ0n) is 6.45. The van der Waals surface area contributed by atoms with Crippen molar-refractivity contribution in [3.63, 3.8) is 0 Å². The van der Waals surface area contributed by atoms with Crippen LogP contribution in [0.1, 0.15) is 19.3 Å². The quantitative estimate of drug-likeness (QED) is 0.623. The van der Waals surface area contributed by atoms with Gasteiger partial charge in [-0.15, -0.1) is 0 Å². The van der Waals surface area contributed by atoms with Crippen LogP contribution >= 0.6 is 10.8 Å². The summed E-state index contributed by atoms with van der Waals surface area (Å²) in [5.41, 5.74) is -0.126. The Labute approximate surface area is 70.8 Å². The molecule has 0 bridgehead atoms. The Balaban J connectivity index is 2.36. The van der Waals surface area contributed by atoms with Crippen molar-refractivity contribution in [3.8, 4) is 0 Å². The van der Waals surface area contributed by atoms with Crippen LogP contribution in [0.2, 0.25) is 0 Å². The predicted octanol–water partition coefficient (Wildman–Crippen LogP) is 1.21. The maximum absolute atomic E-state index is 10.8. The van der Waals surface area contributed by atoms with Gasteiger partial charge in [-0.25, -0.2) is 8.42 Å². The molecule has 3 nitrogen and oxygen atoms in total. The van der Waals surface area contributed by atoms with E-state index in [0.717, 1.165) is 30.1 Å². The van der Waals surface area contributed by atoms with E-state index in [1.807, 2.05) is 0 Å². The number of hydrogen-bond acceptors (Lipinski definition) is 4. The molecule has 0 saturated carbocycles. The number of hydrogen-bond donors (Lipinski definition) is 0. The maximum Gasteiger partial charge on any atom is 0.201 e. The second-order valence-electron chi connectivity index (χ2n) is 2.60. The predicted molar refractivity (Wildman–Crippen MR) is 46.0 cm³/mol. The molecule has 1 heterocycles. The van der Waals surface area contributed by atoms with E-state index in [4.69, 9.17) is 4.74 Å². The zero-order valence-corrected chi connectivity index (χ0v) is 8.08. The van der Waals surface area contributed by atoms with Gasteiger partial charge in [0.15, 0.2) is 0 Å². The highest BCUT2D eigenvalue weighted by Crippen LogP contribution is 2.26. The van der Waals surface area contributed by atoms with Crippen LogP contribution in [0, 0.1) is 0 Å². The molecular formula is C6H12O3S2. The minimum atomic E-state index is -2.93. The summed E-state index contributed by atoms with van der Waals surface area (Å²) in [7, 11) is -2.00. The van der Waals surface area contributed by atoms with Crippen molar-refractivity contribution in [1.29, 1.82) is 0 Å². The van der Waals surface area contributed by atoms with Gasteiger partial charge in [-0.3, -0.25) is 0 Å². The van der Waals surface area contributed by atoms with Crippen molar-refractivity contribution >= 4 is 19.7 Å². The molecule has 0 N–H and O–H groups in total. The fraction of sp³-hybridized carbons (Fsp3) is 1.00. The minimum Gasteiger partial charge on any atom is -0.367 e. The summed E-state index contributed by atoms with van der Waals surface area (Å²) in [5, 5.41) is 0. The first-order valence-electron chi connectivity index (χ1n) is 3.58. The van der Waals surface area contributed by atoms with Gasteiger partial charge in [-0.2, -0.15) is 0 Å². The Bertz CT molecular complexity index is 204. The van der Waals surface area contributed by atoms with E-state index in [1.54, 1.807) is 0 Å². The topological polar surface area (TPSA) is 43.4 Å². The third kappa shape index (κ3) is 3.98. The zero-order chi connectivity index (χ0) is 8.32. The first kappa shape index (κ1) is 9.35. The van der Waals surface area contributed by atoms with Gasteiger partial charge in [0.2, 0.25) is 8.87 Å². The van der Waals surface area contributed by atoms with Gasteiger partial charge in [0.25, 0.3) is 0 Å². The molecule has 0 spiro atoms. The SMILES string of the molecule is CS(=O)(=O)SC1CCCCO1. The molecule has 0 radical (unpaired) electrons. The van der Waals surface area contributed by atoms with E-state index in [1.165, 1.54) is 6.26 Å². The average Bonchev–Trinajstić information content (AvgIpc) is 1.85. The molecule has 1 unspecified atom stereocenters. The van der Waals surface area contributed by atoms with Crippen molar-refractivity contribution in [2.45, 2.75) is 24.7 Å². The second kappa shape index (κ2) is 3.78. The highest BCUT2D eigenvalue weighted by Gasteiger charge is 2.19. The summed E-state index contributed by atoms with van der Waals surface area (Å²) in [6, 6.07) is 0. The molecule has 1 aliphatic rings. The monoisotopic (exact) mass is 196 g/mol. The molecule has 0 aromatic rings. The molecule has 0 aromatic carbocycles. The Morgan fingerprint density at radius 2 is 2.18 bits per heavy atom. The standard InChI is InChI=1S/C6H12O3S2/c1-11(7,8)10-6-4-2-3-5-9-6/h6H,2-5H2,1H3. The molecular weight excluding hydrogens is 184 g/mol. The minimum absolute atomic E-state index is 0.126. The highest BCUT2D eigenvalue weighted by molar-refractivity contribution is 8.72. The normalized spacial score (nSPS) is 26.8. The molecule has 1 fully saturated rings. The van der Waals surface area contributed by atoms with E-state index in [9.17, 15) is 8.42 Å². The molecule has 0 amide bonds. The van der Waals surface area contributed by atoms with Crippen molar-refractivity contribution in [2.75, 3.05) is 12.9 Å². The lowest BCUT2D eigenvalue weighted by Gasteiger charge is -2.20. The highest BCUT2D eigenvalue weighted by atomic mass is 33.1. The van der Waals surface area contributed by atoms with E-state index in [2.05, 4.69) is 0 Å². The molecule has 1 saturated heterocycles. The number of rotatable bonds is 2. The molecule has 5 heteroatoms. The van der Waals surface area contributed by atoms with Gasteiger partial charge in [0.05, 0.1) is 0 Å². The molecule has 1 aliphatic heterocycles. The van der Waals surface area contributed by atoms with Crippen LogP contribution in [0.25, 0.3) is 0 Å². The van der Waals surface area contributed by atoms with Crippen LogP contribution in [0.4, 0.5) is 0 Å². The summed E-state index contributed by atoms with van der Waals surface area (Å²) in [4.78, 5) is 0. The average molecular weight is 196 g/mol. The summed E-state index contributed by atoms with van der Waals surface area (Å²) < 4.78 is 26.8. The Morgan fingerprint density at radius 3 is 2.64 bits per heavy atom. The van der Waals surface area contributed by atoms with Gasteiger partial charge in [-0.05, 0) is 30.1 Å². The Kier molecular flexibility index (Phi) is 3.21. The van der Waals surface area contributed by atoms with Crippen molar-refractivity contribution in [2.24, 2.45) is 0 Å². The maximum atomic E-state index is 10.8. The smallest absolute Gasteiger partial charge is 0.201 e. The second-order valence-corrected chi connectivity index (χ2v) is 7.12. The molecule has 0 aliphatic carbocycles. The fourth-order valence-corrected chi connectivity index (χ4v) is 3.41. The van der Waals surface area contributed by atoms with Crippen LogP contribution in [0.15, 0.2) is 0 Å². The summed E-state index contributed by atoms with van der Waals surface area (Å²) in [5.74, 6) is 0. The van der Waals surface area contributed by atoms with E-state index >= 15 is 0 Å². The first-order chi connectivity index (χ1) is 5.08. The van der Waals surface area contributed by atoms with Gasteiger partial charge >= 0.3 is 0 Å². The Morgan fingerprint density at radius 1 is 1.45 bits per heavy atom. The molecule has 66 valence electrons. The summed E-state index contributed by atoms with van der Waals surface area (Å²) in [6.45, 7) is 0.702. The first-order valence-corrected chi connectivity index (χ1v) is 6.86. The van der Waals surface area contributed by atoms with Crippen LogP contribution in [-0.4, -0.2) is 26.7 Å². The third-order valence-corrected chi connectivity index (χ3v) is 4.05.